The quantitative estimate of drug-likeness (QED) is 0.190. The van der Waals surface area contributed by atoms with E-state index in [0.717, 1.165) is 29.4 Å². The molecule has 2 aliphatic rings. The smallest absolute Gasteiger partial charge is 0.261 e. The zero-order valence-corrected chi connectivity index (χ0v) is 28.0. The van der Waals surface area contributed by atoms with Crippen LogP contribution in [0.15, 0.2) is 73.2 Å². The van der Waals surface area contributed by atoms with Gasteiger partial charge >= 0.3 is 0 Å². The van der Waals surface area contributed by atoms with Gasteiger partial charge in [0.1, 0.15) is 29.7 Å². The topological polar surface area (TPSA) is 93.7 Å². The molecule has 0 radical (unpaired) electrons. The predicted octanol–water partition coefficient (Wildman–Crippen LogP) is 5.74. The number of fused-ring (bicyclic) bond motifs is 2. The molecule has 0 spiro atoms. The third-order valence-electron chi connectivity index (χ3n) is 9.28. The Kier molecular flexibility index (Phi) is 7.99. The van der Waals surface area contributed by atoms with E-state index in [2.05, 4.69) is 111 Å². The summed E-state index contributed by atoms with van der Waals surface area (Å²) in [5.41, 5.74) is 8.39. The maximum absolute atomic E-state index is 7.16. The summed E-state index contributed by atoms with van der Waals surface area (Å²) in [4.78, 5) is 9.06. The van der Waals surface area contributed by atoms with Gasteiger partial charge in [0.2, 0.25) is 0 Å². The highest BCUT2D eigenvalue weighted by atomic mass is 28.4. The first kappa shape index (κ1) is 30.9. The number of rotatable bonds is 9. The summed E-state index contributed by atoms with van der Waals surface area (Å²) >= 11 is 0. The van der Waals surface area contributed by atoms with Crippen LogP contribution < -0.4 is 16.1 Å². The van der Waals surface area contributed by atoms with Gasteiger partial charge in [-0.15, -0.1) is 0 Å². The molecule has 6 rings (SSSR count). The van der Waals surface area contributed by atoms with Crippen LogP contribution in [0, 0.1) is 0 Å². The van der Waals surface area contributed by atoms with Crippen LogP contribution in [0.5, 0.6) is 0 Å². The van der Waals surface area contributed by atoms with Crippen LogP contribution in [0.4, 0.5) is 5.82 Å². The third-order valence-corrected chi connectivity index (χ3v) is 14.3. The highest BCUT2D eigenvalue weighted by Crippen LogP contribution is 2.54. The maximum Gasteiger partial charge on any atom is 0.261 e. The van der Waals surface area contributed by atoms with E-state index in [1.54, 1.807) is 0 Å². The Balaban J connectivity index is 1.31. The van der Waals surface area contributed by atoms with Crippen LogP contribution in [-0.2, 0) is 25.2 Å². The molecule has 8 nitrogen and oxygen atoms in total. The van der Waals surface area contributed by atoms with Gasteiger partial charge in [0.05, 0.1) is 11.6 Å². The molecule has 0 unspecified atom stereocenters. The Morgan fingerprint density at radius 3 is 2.20 bits per heavy atom. The van der Waals surface area contributed by atoms with E-state index in [1.807, 2.05) is 13.8 Å². The largest absolute Gasteiger partial charge is 0.407 e. The minimum absolute atomic E-state index is 0.0794. The molecule has 4 heterocycles. The van der Waals surface area contributed by atoms with E-state index in [0.29, 0.717) is 19.0 Å². The number of nitrogens with zero attached hydrogens (tertiary/aromatic N) is 3. The fourth-order valence-electron chi connectivity index (χ4n) is 7.53. The van der Waals surface area contributed by atoms with Crippen LogP contribution in [0.2, 0.25) is 5.04 Å². The minimum Gasteiger partial charge on any atom is -0.407 e. The molecule has 44 heavy (non-hydrogen) atoms. The number of aryl methyl sites for hydroxylation is 1. The Bertz CT molecular complexity index is 1560. The van der Waals surface area contributed by atoms with Gasteiger partial charge in [-0.25, -0.2) is 9.97 Å². The zero-order chi connectivity index (χ0) is 31.3. The Morgan fingerprint density at radius 1 is 0.977 bits per heavy atom. The van der Waals surface area contributed by atoms with Gasteiger partial charge in [0.15, 0.2) is 11.6 Å². The summed E-state index contributed by atoms with van der Waals surface area (Å²) in [6.45, 7) is 16.4. The molecular weight excluding hydrogens is 568 g/mol. The Hall–Kier alpha value is -3.08. The molecular formula is C35H46N4O4Si. The van der Waals surface area contributed by atoms with Crippen molar-refractivity contribution in [1.29, 1.82) is 0 Å². The van der Waals surface area contributed by atoms with E-state index < -0.39 is 19.7 Å². The van der Waals surface area contributed by atoms with Crippen molar-refractivity contribution in [2.24, 2.45) is 0 Å². The minimum atomic E-state index is -2.63. The second-order valence-electron chi connectivity index (χ2n) is 13.8. The van der Waals surface area contributed by atoms with Crippen molar-refractivity contribution in [3.8, 4) is 0 Å². The maximum atomic E-state index is 7.16. The number of aromatic nitrogens is 3. The fourth-order valence-corrected chi connectivity index (χ4v) is 12.1. The second kappa shape index (κ2) is 11.4. The van der Waals surface area contributed by atoms with Crippen LogP contribution in [-0.4, -0.2) is 53.1 Å². The SMILES string of the molecule is CC[C@H]1O[C@@H](c2cn(CCCO[Si](c3ccccc3)(c3ccccc3)C(C)(C)C)c3c(N)ncnc23)[C@]2(C)OC(C)(C)O[C@H]12. The van der Waals surface area contributed by atoms with E-state index >= 15 is 0 Å². The number of anilines is 1. The Labute approximate surface area is 262 Å². The van der Waals surface area contributed by atoms with Gasteiger partial charge in [-0.3, -0.25) is 0 Å². The van der Waals surface area contributed by atoms with Crippen LogP contribution in [0.3, 0.4) is 0 Å². The molecule has 0 saturated carbocycles. The Morgan fingerprint density at radius 2 is 1.61 bits per heavy atom. The van der Waals surface area contributed by atoms with Gasteiger partial charge in [0, 0.05) is 24.9 Å². The van der Waals surface area contributed by atoms with Crippen molar-refractivity contribution < 1.29 is 18.6 Å². The summed E-state index contributed by atoms with van der Waals surface area (Å²) in [6.07, 6.45) is 4.65. The zero-order valence-electron chi connectivity index (χ0n) is 27.0. The molecule has 2 aromatic heterocycles. The van der Waals surface area contributed by atoms with E-state index in [1.165, 1.54) is 16.7 Å². The molecule has 9 heteroatoms. The lowest BCUT2D eigenvalue weighted by molar-refractivity contribution is -0.204. The van der Waals surface area contributed by atoms with Gasteiger partial charge in [-0.2, -0.15) is 0 Å². The van der Waals surface area contributed by atoms with Gasteiger partial charge in [-0.05, 0) is 49.0 Å². The molecule has 2 fully saturated rings. The first-order valence-electron chi connectivity index (χ1n) is 15.8. The first-order valence-corrected chi connectivity index (χ1v) is 17.7. The van der Waals surface area contributed by atoms with Crippen LogP contribution in [0.25, 0.3) is 11.0 Å². The summed E-state index contributed by atoms with van der Waals surface area (Å²) in [6, 6.07) is 21.5. The molecule has 0 bridgehead atoms. The molecule has 0 amide bonds. The van der Waals surface area contributed by atoms with Crippen molar-refractivity contribution in [2.75, 3.05) is 12.3 Å². The average molecular weight is 615 g/mol. The highest BCUT2D eigenvalue weighted by molar-refractivity contribution is 6.99. The molecule has 2 aliphatic heterocycles. The number of hydrogen-bond donors (Lipinski definition) is 1. The summed E-state index contributed by atoms with van der Waals surface area (Å²) in [5.74, 6) is -0.246. The van der Waals surface area contributed by atoms with Crippen LogP contribution in [0.1, 0.15) is 73.0 Å². The number of ether oxygens (including phenoxy) is 3. The van der Waals surface area contributed by atoms with Crippen molar-refractivity contribution in [1.82, 2.24) is 14.5 Å². The first-order chi connectivity index (χ1) is 20.9. The van der Waals surface area contributed by atoms with Crippen molar-refractivity contribution >= 4 is 35.5 Å². The van der Waals surface area contributed by atoms with Gasteiger partial charge < -0.3 is 28.9 Å². The highest BCUT2D eigenvalue weighted by Gasteiger charge is 2.63. The molecule has 4 atom stereocenters. The lowest BCUT2D eigenvalue weighted by Gasteiger charge is -2.43. The van der Waals surface area contributed by atoms with Crippen molar-refractivity contribution in [2.45, 2.75) is 103 Å². The number of nitrogen functional groups attached to an aromatic ring is 1. The monoisotopic (exact) mass is 614 g/mol. The molecule has 234 valence electrons. The fraction of sp³-hybridized carbons (Fsp3) is 0.486. The van der Waals surface area contributed by atoms with Gasteiger partial charge in [0.25, 0.3) is 8.32 Å². The van der Waals surface area contributed by atoms with E-state index in [-0.39, 0.29) is 23.4 Å². The standard InChI is InChI=1S/C35H46N4O4Si/c1-8-27-31-35(7,43-34(5,6)42-31)30(41-27)26-22-39(29-28(26)37-23-38-32(29)36)20-15-21-40-44(33(2,3)4,24-16-11-9-12-17-24)25-18-13-10-14-19-25/h9-14,16-19,22-23,27,30-31H,8,15,20-21H2,1-7H3,(H2,36,37,38)/t27-,30+,31-,35+/m1/s1. The molecule has 2 aromatic carbocycles. The number of benzene rings is 2. The molecule has 2 N–H and O–H groups in total. The van der Waals surface area contributed by atoms with Crippen molar-refractivity contribution in [3.63, 3.8) is 0 Å². The molecule has 4 aromatic rings. The van der Waals surface area contributed by atoms with Crippen molar-refractivity contribution in [3.05, 3.63) is 78.8 Å². The third kappa shape index (κ3) is 5.08. The van der Waals surface area contributed by atoms with Crippen LogP contribution >= 0.6 is 0 Å². The lowest BCUT2D eigenvalue weighted by atomic mass is 9.89. The van der Waals surface area contributed by atoms with Gasteiger partial charge in [-0.1, -0.05) is 88.4 Å². The van der Waals surface area contributed by atoms with E-state index in [4.69, 9.17) is 29.4 Å². The number of hydrogen-bond acceptors (Lipinski definition) is 7. The lowest BCUT2D eigenvalue weighted by Crippen LogP contribution is -2.66. The average Bonchev–Trinajstić information content (AvgIpc) is 3.57. The summed E-state index contributed by atoms with van der Waals surface area (Å²) in [7, 11) is -2.63. The second-order valence-corrected chi connectivity index (χ2v) is 18.1. The summed E-state index contributed by atoms with van der Waals surface area (Å²) in [5, 5.41) is 2.47. The predicted molar refractivity (Wildman–Crippen MR) is 176 cm³/mol. The molecule has 2 saturated heterocycles. The molecule has 0 aliphatic carbocycles. The number of nitrogens with two attached hydrogens (primary N) is 1. The normalized spacial score (nSPS) is 25.0. The van der Waals surface area contributed by atoms with E-state index in [9.17, 15) is 0 Å². The summed E-state index contributed by atoms with van der Waals surface area (Å²) < 4.78 is 28.9.